The molecule has 0 fully saturated rings. The van der Waals surface area contributed by atoms with Crippen molar-refractivity contribution in [2.24, 2.45) is 5.10 Å². The Kier molecular flexibility index (Phi) is 7.63. The predicted octanol–water partition coefficient (Wildman–Crippen LogP) is 4.42. The highest BCUT2D eigenvalue weighted by molar-refractivity contribution is 9.10. The molecule has 0 saturated heterocycles. The number of hydrogen-bond acceptors (Lipinski definition) is 6. The zero-order valence-electron chi connectivity index (χ0n) is 18.0. The summed E-state index contributed by atoms with van der Waals surface area (Å²) < 4.78 is 13.0. The van der Waals surface area contributed by atoms with Crippen LogP contribution in [0.4, 0.5) is 0 Å². The summed E-state index contributed by atoms with van der Waals surface area (Å²) in [5.41, 5.74) is 1.03. The van der Waals surface area contributed by atoms with Crippen LogP contribution in [-0.4, -0.2) is 40.2 Å². The Morgan fingerprint density at radius 1 is 1.22 bits per heavy atom. The zero-order chi connectivity index (χ0) is 23.3. The Morgan fingerprint density at radius 2 is 2.00 bits per heavy atom. The molecule has 3 aromatic rings. The van der Waals surface area contributed by atoms with Gasteiger partial charge in [0.05, 0.1) is 23.7 Å². The molecule has 32 heavy (non-hydrogen) atoms. The summed E-state index contributed by atoms with van der Waals surface area (Å²) in [5.74, 6) is 0.244. The molecule has 2 aromatic carbocycles. The molecule has 1 aromatic heterocycles. The van der Waals surface area contributed by atoms with Crippen LogP contribution in [0.15, 0.2) is 50.8 Å². The quantitative estimate of drug-likeness (QED) is 0.435. The lowest BCUT2D eigenvalue weighted by atomic mass is 10.1. The van der Waals surface area contributed by atoms with Crippen molar-refractivity contribution >= 4 is 39.0 Å². The molecule has 1 atom stereocenters. The Morgan fingerprint density at radius 3 is 2.69 bits per heavy atom. The normalized spacial score (nSPS) is 12.2. The van der Waals surface area contributed by atoms with Crippen molar-refractivity contribution in [3.8, 4) is 11.5 Å². The molecule has 168 valence electrons. The van der Waals surface area contributed by atoms with Crippen molar-refractivity contribution in [2.75, 3.05) is 13.2 Å². The number of nitrogens with zero attached hydrogens (tertiary/aromatic N) is 3. The number of carboxylic acids is 1. The number of fused-ring (bicyclic) bond motifs is 1. The smallest absolute Gasteiger partial charge is 0.341 e. The lowest BCUT2D eigenvalue weighted by Gasteiger charge is -2.14. The van der Waals surface area contributed by atoms with Gasteiger partial charge in [0.2, 0.25) is 0 Å². The number of carbonyl (C=O) groups is 1. The van der Waals surface area contributed by atoms with Crippen molar-refractivity contribution < 1.29 is 19.4 Å². The molecule has 3 rings (SSSR count). The lowest BCUT2D eigenvalue weighted by molar-refractivity contribution is -0.139. The molecule has 0 bridgehead atoms. The van der Waals surface area contributed by atoms with E-state index in [1.54, 1.807) is 30.5 Å². The third kappa shape index (κ3) is 5.34. The number of aliphatic carboxylic acids is 1. The highest BCUT2D eigenvalue weighted by atomic mass is 79.9. The monoisotopic (exact) mass is 501 g/mol. The Balaban J connectivity index is 2.05. The van der Waals surface area contributed by atoms with Crippen LogP contribution in [0.25, 0.3) is 10.9 Å². The third-order valence-corrected chi connectivity index (χ3v) is 5.32. The molecule has 0 amide bonds. The van der Waals surface area contributed by atoms with Gasteiger partial charge in [-0.3, -0.25) is 4.79 Å². The molecule has 0 radical (unpaired) electrons. The Labute approximate surface area is 193 Å². The van der Waals surface area contributed by atoms with Crippen molar-refractivity contribution in [1.29, 1.82) is 0 Å². The first-order valence-electron chi connectivity index (χ1n) is 10.2. The van der Waals surface area contributed by atoms with Crippen LogP contribution in [0.5, 0.6) is 11.5 Å². The summed E-state index contributed by atoms with van der Waals surface area (Å²) in [6, 6.07) is 10.4. The van der Waals surface area contributed by atoms with Crippen molar-refractivity contribution in [3.05, 3.63) is 62.6 Å². The Bertz CT molecular complexity index is 1220. The van der Waals surface area contributed by atoms with Crippen LogP contribution in [0.2, 0.25) is 0 Å². The first kappa shape index (κ1) is 23.5. The van der Waals surface area contributed by atoms with Gasteiger partial charge < -0.3 is 14.6 Å². The second-order valence-corrected chi connectivity index (χ2v) is 8.04. The van der Waals surface area contributed by atoms with Gasteiger partial charge in [0, 0.05) is 10.4 Å². The fourth-order valence-corrected chi connectivity index (χ4v) is 3.40. The topological polar surface area (TPSA) is 103 Å². The van der Waals surface area contributed by atoms with Crippen LogP contribution in [0, 0.1) is 0 Å². The van der Waals surface area contributed by atoms with E-state index in [1.165, 1.54) is 4.68 Å². The molecule has 8 nitrogen and oxygen atoms in total. The average molecular weight is 502 g/mol. The number of hydrogen-bond donors (Lipinski definition) is 1. The van der Waals surface area contributed by atoms with E-state index >= 15 is 0 Å². The van der Waals surface area contributed by atoms with E-state index in [2.05, 4.69) is 21.0 Å². The predicted molar refractivity (Wildman–Crippen MR) is 126 cm³/mol. The van der Waals surface area contributed by atoms with Gasteiger partial charge in [-0.05, 0) is 55.3 Å². The van der Waals surface area contributed by atoms with Crippen molar-refractivity contribution in [1.82, 2.24) is 9.66 Å². The fraction of sp³-hybridized carbons (Fsp3) is 0.304. The second-order valence-electron chi connectivity index (χ2n) is 7.12. The summed E-state index contributed by atoms with van der Waals surface area (Å²) in [6.07, 6.45) is 2.34. The minimum atomic E-state index is -1.08. The summed E-state index contributed by atoms with van der Waals surface area (Å²) >= 11 is 3.40. The molecular weight excluding hydrogens is 478 g/mol. The highest BCUT2D eigenvalue weighted by Crippen LogP contribution is 2.28. The molecule has 0 saturated carbocycles. The molecule has 0 aliphatic carbocycles. The van der Waals surface area contributed by atoms with E-state index < -0.39 is 12.6 Å². The first-order chi connectivity index (χ1) is 15.3. The second kappa shape index (κ2) is 10.4. The van der Waals surface area contributed by atoms with Crippen molar-refractivity contribution in [2.45, 2.75) is 33.1 Å². The number of aromatic nitrogens is 2. The number of halogens is 1. The summed E-state index contributed by atoms with van der Waals surface area (Å²) in [5, 5.41) is 13.8. The number of ether oxygens (including phenoxy) is 2. The largest absolute Gasteiger partial charge is 0.490 e. The average Bonchev–Trinajstić information content (AvgIpc) is 2.77. The maximum Gasteiger partial charge on any atom is 0.341 e. The van der Waals surface area contributed by atoms with E-state index in [-0.39, 0.29) is 11.5 Å². The first-order valence-corrected chi connectivity index (χ1v) is 11.0. The fourth-order valence-electron chi connectivity index (χ4n) is 3.04. The van der Waals surface area contributed by atoms with E-state index in [1.807, 2.05) is 32.9 Å². The summed E-state index contributed by atoms with van der Waals surface area (Å²) in [7, 11) is 0. The van der Waals surface area contributed by atoms with Gasteiger partial charge in [0.1, 0.15) is 5.82 Å². The summed E-state index contributed by atoms with van der Waals surface area (Å²) in [4.78, 5) is 28.7. The molecular formula is C23H24BrN3O5. The standard InChI is InChI=1S/C23H24BrN3O5/c1-4-14(3)22-26-18-8-7-16(24)11-17(18)23(30)27(22)25-12-15-6-9-19(32-13-21(28)29)20(10-15)31-5-2/h6-12,14H,4-5,13H2,1-3H3,(H,28,29)/t14-/m0/s1. The highest BCUT2D eigenvalue weighted by Gasteiger charge is 2.16. The molecule has 1 heterocycles. The molecule has 9 heteroatoms. The third-order valence-electron chi connectivity index (χ3n) is 4.83. The van der Waals surface area contributed by atoms with Gasteiger partial charge in [-0.2, -0.15) is 9.78 Å². The van der Waals surface area contributed by atoms with Gasteiger partial charge in [-0.15, -0.1) is 0 Å². The van der Waals surface area contributed by atoms with Gasteiger partial charge in [-0.1, -0.05) is 29.8 Å². The van der Waals surface area contributed by atoms with Crippen LogP contribution in [-0.2, 0) is 4.79 Å². The summed E-state index contributed by atoms with van der Waals surface area (Å²) in [6.45, 7) is 5.75. The molecule has 0 unspecified atom stereocenters. The minimum absolute atomic E-state index is 0.0266. The van der Waals surface area contributed by atoms with Crippen LogP contribution in [0.3, 0.4) is 0 Å². The van der Waals surface area contributed by atoms with E-state index in [0.29, 0.717) is 40.4 Å². The lowest BCUT2D eigenvalue weighted by Crippen LogP contribution is -2.23. The van der Waals surface area contributed by atoms with E-state index in [4.69, 9.17) is 19.6 Å². The van der Waals surface area contributed by atoms with Gasteiger partial charge in [-0.25, -0.2) is 9.78 Å². The molecule has 0 spiro atoms. The van der Waals surface area contributed by atoms with Crippen molar-refractivity contribution in [3.63, 3.8) is 0 Å². The van der Waals surface area contributed by atoms with Crippen LogP contribution < -0.4 is 15.0 Å². The zero-order valence-corrected chi connectivity index (χ0v) is 19.6. The SMILES string of the molecule is CCOc1cc(C=Nn2c([C@@H](C)CC)nc3ccc(Br)cc3c2=O)ccc1OCC(=O)O. The minimum Gasteiger partial charge on any atom is -0.490 e. The van der Waals surface area contributed by atoms with Gasteiger partial charge in [0.15, 0.2) is 18.1 Å². The van der Waals surface area contributed by atoms with E-state index in [0.717, 1.165) is 10.9 Å². The van der Waals surface area contributed by atoms with Crippen LogP contribution >= 0.6 is 15.9 Å². The molecule has 0 aliphatic heterocycles. The number of benzene rings is 2. The molecule has 0 aliphatic rings. The Hall–Kier alpha value is -3.20. The maximum atomic E-state index is 13.2. The maximum absolute atomic E-state index is 13.2. The van der Waals surface area contributed by atoms with E-state index in [9.17, 15) is 9.59 Å². The van der Waals surface area contributed by atoms with Crippen LogP contribution in [0.1, 0.15) is 44.5 Å². The number of rotatable bonds is 9. The van der Waals surface area contributed by atoms with Gasteiger partial charge >= 0.3 is 5.97 Å². The van der Waals surface area contributed by atoms with Gasteiger partial charge in [0.25, 0.3) is 5.56 Å². The number of carboxylic acid groups (broad SMARTS) is 1. The molecule has 1 N–H and O–H groups in total.